The van der Waals surface area contributed by atoms with Crippen molar-refractivity contribution in [3.8, 4) is 0 Å². The van der Waals surface area contributed by atoms with Gasteiger partial charge < -0.3 is 0 Å². The molecule has 0 aliphatic carbocycles. The molecule has 0 amide bonds. The largest absolute Gasteiger partial charge is 0.265 e. The Labute approximate surface area is 48.2 Å². The van der Waals surface area contributed by atoms with E-state index in [0.717, 1.165) is 0 Å². The van der Waals surface area contributed by atoms with Crippen molar-refractivity contribution in [3.63, 3.8) is 0 Å². The second kappa shape index (κ2) is 2.61. The van der Waals surface area contributed by atoms with Crippen LogP contribution in [0.15, 0.2) is 0 Å². The van der Waals surface area contributed by atoms with Gasteiger partial charge in [-0.15, -0.1) is 0 Å². The number of nitro groups is 1. The summed E-state index contributed by atoms with van der Waals surface area (Å²) in [6.07, 6.45) is -0.574. The van der Waals surface area contributed by atoms with Gasteiger partial charge in [-0.2, -0.15) is 0 Å². The summed E-state index contributed by atoms with van der Waals surface area (Å²) in [5.74, 6) is 0. The monoisotopic (exact) mass is 118 g/mol. The lowest BCUT2D eigenvalue weighted by Gasteiger charge is -2.09. The molecule has 4 nitrogen and oxygen atoms in total. The fourth-order valence-corrected chi connectivity index (χ4v) is 0.189. The molecule has 0 bridgehead atoms. The Kier molecular flexibility index (Phi) is 2.41. The molecule has 0 aromatic heterocycles. The molecule has 8 heavy (non-hydrogen) atoms. The zero-order chi connectivity index (χ0) is 6.73. The summed E-state index contributed by atoms with van der Waals surface area (Å²) in [6.45, 7) is 1.54. The maximum Gasteiger partial charge on any atom is 0.265 e. The molecule has 1 atom stereocenters. The zero-order valence-corrected chi connectivity index (χ0v) is 5.29. The highest BCUT2D eigenvalue weighted by Crippen LogP contribution is 1.89. The van der Waals surface area contributed by atoms with E-state index in [1.54, 1.807) is 25.9 Å². The molecule has 0 saturated heterocycles. The van der Waals surface area contributed by atoms with Gasteiger partial charge in [-0.3, -0.25) is 10.1 Å². The van der Waals surface area contributed by atoms with E-state index in [-0.39, 0.29) is 4.92 Å². The first-order valence-electron chi connectivity index (χ1n) is 2.35. The summed E-state index contributed by atoms with van der Waals surface area (Å²) in [6, 6.07) is 0. The van der Waals surface area contributed by atoms with Crippen LogP contribution in [-0.2, 0) is 0 Å². The quantitative estimate of drug-likeness (QED) is 0.295. The lowest BCUT2D eigenvalue weighted by molar-refractivity contribution is -0.542. The molecule has 0 fully saturated rings. The standard InChI is InChI=1S/C4H10N2O2/c1-4(5(2)3)6(7)8/h4H,1-3H3. The van der Waals surface area contributed by atoms with E-state index in [9.17, 15) is 10.1 Å². The first-order chi connectivity index (χ1) is 3.55. The van der Waals surface area contributed by atoms with Crippen molar-refractivity contribution in [2.45, 2.75) is 13.1 Å². The third-order valence-electron chi connectivity index (χ3n) is 1.05. The van der Waals surface area contributed by atoms with Crippen LogP contribution in [0.5, 0.6) is 0 Å². The minimum Gasteiger partial charge on any atom is -0.263 e. The van der Waals surface area contributed by atoms with E-state index in [0.29, 0.717) is 0 Å². The number of hydrogen-bond donors (Lipinski definition) is 0. The SMILES string of the molecule is CC(N(C)C)[N+](=O)[O-]. The highest BCUT2D eigenvalue weighted by atomic mass is 16.6. The zero-order valence-electron chi connectivity index (χ0n) is 5.29. The predicted molar refractivity (Wildman–Crippen MR) is 30.1 cm³/mol. The van der Waals surface area contributed by atoms with Gasteiger partial charge in [0, 0.05) is 11.8 Å². The molecule has 0 spiro atoms. The van der Waals surface area contributed by atoms with Crippen LogP contribution in [0, 0.1) is 10.1 Å². The van der Waals surface area contributed by atoms with E-state index in [1.807, 2.05) is 0 Å². The van der Waals surface area contributed by atoms with Gasteiger partial charge >= 0.3 is 0 Å². The van der Waals surface area contributed by atoms with Crippen LogP contribution < -0.4 is 0 Å². The number of hydrogen-bond acceptors (Lipinski definition) is 3. The predicted octanol–water partition coefficient (Wildman–Crippen LogP) is 0.171. The molecule has 0 aliphatic rings. The Morgan fingerprint density at radius 3 is 2.00 bits per heavy atom. The normalized spacial score (nSPS) is 14.0. The Morgan fingerprint density at radius 1 is 1.62 bits per heavy atom. The van der Waals surface area contributed by atoms with Crippen molar-refractivity contribution in [3.05, 3.63) is 10.1 Å². The molecule has 0 aromatic rings. The lowest BCUT2D eigenvalue weighted by Crippen LogP contribution is -2.31. The van der Waals surface area contributed by atoms with Gasteiger partial charge in [0.1, 0.15) is 0 Å². The summed E-state index contributed by atoms with van der Waals surface area (Å²) in [5.41, 5.74) is 0. The number of nitrogens with zero attached hydrogens (tertiary/aromatic N) is 2. The first-order valence-corrected chi connectivity index (χ1v) is 2.35. The molecule has 4 heteroatoms. The van der Waals surface area contributed by atoms with Crippen molar-refractivity contribution in [2.75, 3.05) is 14.1 Å². The van der Waals surface area contributed by atoms with E-state index in [4.69, 9.17) is 0 Å². The van der Waals surface area contributed by atoms with Gasteiger partial charge in [-0.05, 0) is 14.1 Å². The summed E-state index contributed by atoms with van der Waals surface area (Å²) in [4.78, 5) is 11.1. The molecule has 1 unspecified atom stereocenters. The minimum absolute atomic E-state index is 0.333. The Bertz CT molecular complexity index is 92.0. The third-order valence-corrected chi connectivity index (χ3v) is 1.05. The van der Waals surface area contributed by atoms with Crippen LogP contribution in [0.4, 0.5) is 0 Å². The maximum atomic E-state index is 9.90. The van der Waals surface area contributed by atoms with Gasteiger partial charge in [-0.25, -0.2) is 4.90 Å². The van der Waals surface area contributed by atoms with Crippen molar-refractivity contribution in [2.24, 2.45) is 0 Å². The van der Waals surface area contributed by atoms with E-state index in [2.05, 4.69) is 0 Å². The van der Waals surface area contributed by atoms with Crippen LogP contribution >= 0.6 is 0 Å². The molecule has 0 N–H and O–H groups in total. The van der Waals surface area contributed by atoms with E-state index >= 15 is 0 Å². The summed E-state index contributed by atoms with van der Waals surface area (Å²) in [7, 11) is 3.35. The van der Waals surface area contributed by atoms with Gasteiger partial charge in [0.25, 0.3) is 6.17 Å². The second-order valence-corrected chi connectivity index (χ2v) is 1.88. The van der Waals surface area contributed by atoms with Crippen molar-refractivity contribution in [1.82, 2.24) is 4.90 Å². The average molecular weight is 118 g/mol. The molecule has 48 valence electrons. The van der Waals surface area contributed by atoms with Crippen LogP contribution in [0.25, 0.3) is 0 Å². The summed E-state index contributed by atoms with van der Waals surface area (Å²) < 4.78 is 0. The molecular weight excluding hydrogens is 108 g/mol. The lowest BCUT2D eigenvalue weighted by atomic mass is 10.5. The van der Waals surface area contributed by atoms with Gasteiger partial charge in [0.15, 0.2) is 0 Å². The van der Waals surface area contributed by atoms with Crippen molar-refractivity contribution in [1.29, 1.82) is 0 Å². The molecule has 0 heterocycles. The minimum atomic E-state index is -0.574. The average Bonchev–Trinajstić information content (AvgIpc) is 1.64. The fraction of sp³-hybridized carbons (Fsp3) is 1.00. The molecule has 0 saturated carbocycles. The second-order valence-electron chi connectivity index (χ2n) is 1.88. The molecule has 0 aromatic carbocycles. The molecule has 0 radical (unpaired) electrons. The highest BCUT2D eigenvalue weighted by molar-refractivity contribution is 4.39. The van der Waals surface area contributed by atoms with E-state index < -0.39 is 6.17 Å². The van der Waals surface area contributed by atoms with Gasteiger partial charge in [0.05, 0.1) is 0 Å². The topological polar surface area (TPSA) is 46.4 Å². The van der Waals surface area contributed by atoms with Crippen LogP contribution in [0.2, 0.25) is 0 Å². The summed E-state index contributed by atoms with van der Waals surface area (Å²) >= 11 is 0. The Balaban J connectivity index is 3.64. The highest BCUT2D eigenvalue weighted by Gasteiger charge is 2.13. The van der Waals surface area contributed by atoms with Crippen molar-refractivity contribution < 1.29 is 4.92 Å². The molecule has 0 aliphatic heterocycles. The van der Waals surface area contributed by atoms with Crippen molar-refractivity contribution >= 4 is 0 Å². The Hall–Kier alpha value is -0.640. The van der Waals surface area contributed by atoms with Crippen LogP contribution in [0.1, 0.15) is 6.92 Å². The first kappa shape index (κ1) is 7.36. The Morgan fingerprint density at radius 2 is 2.00 bits per heavy atom. The van der Waals surface area contributed by atoms with Gasteiger partial charge in [-0.1, -0.05) is 0 Å². The number of rotatable bonds is 2. The van der Waals surface area contributed by atoms with Crippen LogP contribution in [-0.4, -0.2) is 30.1 Å². The third kappa shape index (κ3) is 1.88. The maximum absolute atomic E-state index is 9.90. The van der Waals surface area contributed by atoms with E-state index in [1.165, 1.54) is 0 Å². The molecular formula is C4H10N2O2. The fourth-order valence-electron chi connectivity index (χ4n) is 0.189. The summed E-state index contributed by atoms with van der Waals surface area (Å²) in [5, 5.41) is 9.90. The smallest absolute Gasteiger partial charge is 0.263 e. The van der Waals surface area contributed by atoms with Gasteiger partial charge in [0.2, 0.25) is 0 Å². The molecule has 0 rings (SSSR count). The van der Waals surface area contributed by atoms with Crippen LogP contribution in [0.3, 0.4) is 0 Å².